The zero-order valence-corrected chi connectivity index (χ0v) is 23.6. The van der Waals surface area contributed by atoms with Gasteiger partial charge in [0.25, 0.3) is 0 Å². The van der Waals surface area contributed by atoms with Crippen LogP contribution in [0.2, 0.25) is 0 Å². The predicted molar refractivity (Wildman–Crippen MR) is 149 cm³/mol. The Kier molecular flexibility index (Phi) is 9.72. The molecule has 222 valence electrons. The van der Waals surface area contributed by atoms with Gasteiger partial charge in [-0.15, -0.1) is 5.06 Å². The van der Waals surface area contributed by atoms with Crippen LogP contribution < -0.4 is 5.73 Å². The lowest BCUT2D eigenvalue weighted by Crippen LogP contribution is -2.46. The Balaban J connectivity index is 1.82. The molecule has 0 radical (unpaired) electrons. The largest absolute Gasteiger partial charge is 0.429 e. The molecular formula is C30H38F3N5O3. The van der Waals surface area contributed by atoms with Gasteiger partial charge in [-0.1, -0.05) is 51.1 Å². The molecule has 0 spiro atoms. The summed E-state index contributed by atoms with van der Waals surface area (Å²) in [4.78, 5) is 25.6. The number of aliphatic hydroxyl groups is 1. The second-order valence-electron chi connectivity index (χ2n) is 11.6. The number of carbonyl (C=O) groups excluding carboxylic acids is 1. The molecule has 1 saturated heterocycles. The number of nitrogens with zero attached hydrogens (tertiary/aromatic N) is 4. The maximum absolute atomic E-state index is 14.9. The second-order valence-corrected chi connectivity index (χ2v) is 11.6. The second kappa shape index (κ2) is 13.1. The molecule has 2 heterocycles. The fraction of sp³-hybridized carbons (Fsp3) is 0.467. The first kappa shape index (κ1) is 30.5. The highest BCUT2D eigenvalue weighted by Crippen LogP contribution is 2.40. The summed E-state index contributed by atoms with van der Waals surface area (Å²) < 4.78 is 44.2. The number of hydrogen-bond acceptors (Lipinski definition) is 6. The molecule has 1 aliphatic heterocycles. The van der Waals surface area contributed by atoms with Crippen molar-refractivity contribution < 1.29 is 27.9 Å². The third-order valence-corrected chi connectivity index (χ3v) is 7.09. The molecule has 0 aliphatic carbocycles. The summed E-state index contributed by atoms with van der Waals surface area (Å²) >= 11 is 0. The van der Waals surface area contributed by atoms with Crippen molar-refractivity contribution in [1.29, 1.82) is 0 Å². The third kappa shape index (κ3) is 7.66. The van der Waals surface area contributed by atoms with Crippen molar-refractivity contribution >= 4 is 6.09 Å². The molecule has 1 fully saturated rings. The quantitative estimate of drug-likeness (QED) is 0.352. The number of amides is 1. The molecule has 0 bridgehead atoms. The van der Waals surface area contributed by atoms with Crippen LogP contribution in [-0.2, 0) is 11.4 Å². The first-order valence-electron chi connectivity index (χ1n) is 13.8. The maximum Gasteiger partial charge on any atom is 0.429 e. The van der Waals surface area contributed by atoms with E-state index in [4.69, 9.17) is 15.6 Å². The van der Waals surface area contributed by atoms with Gasteiger partial charge in [0.2, 0.25) is 0 Å². The van der Waals surface area contributed by atoms with Gasteiger partial charge in [0.15, 0.2) is 0 Å². The summed E-state index contributed by atoms with van der Waals surface area (Å²) in [6, 6.07) is 11.2. The number of alkyl halides is 1. The van der Waals surface area contributed by atoms with Gasteiger partial charge in [0, 0.05) is 37.4 Å². The molecule has 3 N–H and O–H groups in total. The fourth-order valence-electron chi connectivity index (χ4n) is 5.04. The normalized spacial score (nSPS) is 17.4. The van der Waals surface area contributed by atoms with Crippen molar-refractivity contribution in [3.8, 4) is 11.3 Å². The van der Waals surface area contributed by atoms with E-state index >= 15 is 0 Å². The van der Waals surface area contributed by atoms with Crippen LogP contribution in [0.5, 0.6) is 0 Å². The molecule has 1 aliphatic rings. The van der Waals surface area contributed by atoms with Gasteiger partial charge in [-0.05, 0) is 42.0 Å². The molecule has 2 aromatic carbocycles. The number of β-amino-alcohol motifs (C(OH)–C–C–N with tert-alkyl or cyclic N) is 1. The van der Waals surface area contributed by atoms with Crippen molar-refractivity contribution in [1.82, 2.24) is 19.5 Å². The first-order valence-corrected chi connectivity index (χ1v) is 13.8. The minimum Gasteiger partial charge on any atom is -0.392 e. The van der Waals surface area contributed by atoms with Crippen molar-refractivity contribution in [3.05, 3.63) is 77.8 Å². The van der Waals surface area contributed by atoms with E-state index in [-0.39, 0.29) is 30.8 Å². The Morgan fingerprint density at radius 2 is 1.95 bits per heavy atom. The van der Waals surface area contributed by atoms with Gasteiger partial charge >= 0.3 is 6.09 Å². The van der Waals surface area contributed by atoms with E-state index in [2.05, 4.69) is 0 Å². The number of benzene rings is 2. The highest BCUT2D eigenvalue weighted by atomic mass is 19.1. The van der Waals surface area contributed by atoms with Gasteiger partial charge < -0.3 is 20.2 Å². The van der Waals surface area contributed by atoms with E-state index in [9.17, 15) is 23.1 Å². The molecule has 3 aromatic rings. The van der Waals surface area contributed by atoms with Gasteiger partial charge in [-0.25, -0.2) is 22.9 Å². The molecule has 4 rings (SSSR count). The smallest absolute Gasteiger partial charge is 0.392 e. The Morgan fingerprint density at radius 3 is 2.59 bits per heavy atom. The summed E-state index contributed by atoms with van der Waals surface area (Å²) in [7, 11) is 0. The van der Waals surface area contributed by atoms with Gasteiger partial charge in [-0.3, -0.25) is 4.90 Å². The maximum atomic E-state index is 14.9. The monoisotopic (exact) mass is 573 g/mol. The molecule has 1 amide bonds. The van der Waals surface area contributed by atoms with Crippen molar-refractivity contribution in [2.24, 2.45) is 11.1 Å². The van der Waals surface area contributed by atoms with Crippen LogP contribution in [0.15, 0.2) is 54.7 Å². The Morgan fingerprint density at radius 1 is 1.22 bits per heavy atom. The molecule has 41 heavy (non-hydrogen) atoms. The molecule has 0 saturated carbocycles. The lowest BCUT2D eigenvalue weighted by molar-refractivity contribution is -0.109. The minimum atomic E-state index is -0.791. The van der Waals surface area contributed by atoms with E-state index in [0.29, 0.717) is 25.3 Å². The van der Waals surface area contributed by atoms with E-state index in [1.165, 1.54) is 9.96 Å². The number of imidazole rings is 1. The van der Waals surface area contributed by atoms with Crippen LogP contribution in [0.3, 0.4) is 0 Å². The van der Waals surface area contributed by atoms with E-state index in [1.807, 2.05) is 55.7 Å². The fourth-order valence-corrected chi connectivity index (χ4v) is 5.04. The molecule has 1 aromatic heterocycles. The summed E-state index contributed by atoms with van der Waals surface area (Å²) in [5.41, 5.74) is 6.39. The molecule has 8 nitrogen and oxygen atoms in total. The van der Waals surface area contributed by atoms with Crippen molar-refractivity contribution in [3.63, 3.8) is 0 Å². The van der Waals surface area contributed by atoms with Crippen molar-refractivity contribution in [2.45, 2.75) is 58.3 Å². The summed E-state index contributed by atoms with van der Waals surface area (Å²) in [5, 5.41) is 11.3. The number of aromatic nitrogens is 2. The van der Waals surface area contributed by atoms with Crippen LogP contribution >= 0.6 is 0 Å². The average Bonchev–Trinajstić information content (AvgIpc) is 3.52. The summed E-state index contributed by atoms with van der Waals surface area (Å²) in [6.45, 7) is 5.98. The van der Waals surface area contributed by atoms with E-state index < -0.39 is 48.0 Å². The summed E-state index contributed by atoms with van der Waals surface area (Å²) in [5.74, 6) is -0.814. The lowest BCUT2D eigenvalue weighted by atomic mass is 9.84. The predicted octanol–water partition coefficient (Wildman–Crippen LogP) is 5.07. The SMILES string of the molecule is CC(C)(C)[C@H](c1nc(-c2cc(F)ccc2F)cn1Cc1ccccc1)N(CC[C@H](N)CF)C(=O)ON1CC[C@@H](O)C1. The zero-order valence-electron chi connectivity index (χ0n) is 23.6. The lowest BCUT2D eigenvalue weighted by Gasteiger charge is -2.40. The number of hydrogen-bond donors (Lipinski definition) is 2. The number of aliphatic hydroxyl groups excluding tert-OH is 1. The zero-order chi connectivity index (χ0) is 29.7. The highest BCUT2D eigenvalue weighted by molar-refractivity contribution is 5.68. The molecule has 11 heteroatoms. The van der Waals surface area contributed by atoms with Crippen LogP contribution in [0.4, 0.5) is 18.0 Å². The molecule has 3 atom stereocenters. The minimum absolute atomic E-state index is 0.00893. The topological polar surface area (TPSA) is 96.9 Å². The third-order valence-electron chi connectivity index (χ3n) is 7.09. The van der Waals surface area contributed by atoms with Gasteiger partial charge in [-0.2, -0.15) is 0 Å². The summed E-state index contributed by atoms with van der Waals surface area (Å²) in [6.07, 6.45) is 0.964. The number of nitrogens with two attached hydrogens (primary N) is 1. The van der Waals surface area contributed by atoms with E-state index in [0.717, 1.165) is 23.8 Å². The number of rotatable bonds is 10. The van der Waals surface area contributed by atoms with Crippen LogP contribution in [0, 0.1) is 17.0 Å². The standard InChI is InChI=1S/C30H38F3N5O3/c1-30(2,3)27(38(14-11-22(34)16-31)29(40)41-37-13-12-23(39)18-37)28-35-26(24-15-21(32)9-10-25(24)33)19-36(28)17-20-7-5-4-6-8-20/h4-10,15,19,22-23,27,39H,11-14,16-18,34H2,1-3H3/t22-,23+,27-/m0/s1. The number of halogens is 3. The van der Waals surface area contributed by atoms with E-state index in [1.54, 1.807) is 6.20 Å². The van der Waals surface area contributed by atoms with Gasteiger partial charge in [0.05, 0.1) is 24.4 Å². The number of carbonyl (C=O) groups is 1. The van der Waals surface area contributed by atoms with Crippen LogP contribution in [-0.4, -0.2) is 69.2 Å². The van der Waals surface area contributed by atoms with Gasteiger partial charge in [0.1, 0.15) is 24.1 Å². The average molecular weight is 574 g/mol. The Bertz CT molecular complexity index is 1310. The number of hydroxylamine groups is 2. The van der Waals surface area contributed by atoms with Crippen LogP contribution in [0.25, 0.3) is 11.3 Å². The first-order chi connectivity index (χ1) is 19.5. The van der Waals surface area contributed by atoms with Crippen LogP contribution in [0.1, 0.15) is 51.0 Å². The molecule has 0 unspecified atom stereocenters. The Hall–Kier alpha value is -3.41. The Labute approximate surface area is 238 Å². The van der Waals surface area contributed by atoms with Crippen molar-refractivity contribution in [2.75, 3.05) is 26.3 Å². The molecular weight excluding hydrogens is 535 g/mol. The highest BCUT2D eigenvalue weighted by Gasteiger charge is 2.40.